The zero-order valence-corrected chi connectivity index (χ0v) is 6.46. The van der Waals surface area contributed by atoms with Crippen LogP contribution in [0.4, 0.5) is 13.2 Å². The second kappa shape index (κ2) is 3.60. The molecule has 0 saturated heterocycles. The van der Waals surface area contributed by atoms with Gasteiger partial charge in [0.15, 0.2) is 0 Å². The first kappa shape index (κ1) is 10.3. The molecule has 0 nitrogen and oxygen atoms in total. The lowest BCUT2D eigenvalue weighted by atomic mass is 10.1. The number of hydrogen-bond donors (Lipinski definition) is 0. The largest absolute Gasteiger partial charge is 0.266 e. The van der Waals surface area contributed by atoms with Crippen molar-refractivity contribution in [2.45, 2.75) is 25.7 Å². The molecule has 0 atom stereocenters. The topological polar surface area (TPSA) is 0 Å². The molecule has 0 N–H and O–H groups in total. The Morgan fingerprint density at radius 3 is 2.00 bits per heavy atom. The van der Waals surface area contributed by atoms with E-state index in [1.165, 1.54) is 0 Å². The Morgan fingerprint density at radius 2 is 1.73 bits per heavy atom. The molecule has 0 saturated carbocycles. The zero-order chi connectivity index (χ0) is 9.07. The van der Waals surface area contributed by atoms with Gasteiger partial charge in [-0.25, -0.2) is 13.2 Å². The SMILES string of the molecule is C=C(F)CCC(=C)C(C)(F)F. The third-order valence-corrected chi connectivity index (χ3v) is 1.32. The summed E-state index contributed by atoms with van der Waals surface area (Å²) in [5, 5.41) is 0. The molecule has 0 aromatic rings. The van der Waals surface area contributed by atoms with Crippen molar-refractivity contribution in [3.8, 4) is 0 Å². The van der Waals surface area contributed by atoms with Gasteiger partial charge in [-0.2, -0.15) is 0 Å². The van der Waals surface area contributed by atoms with E-state index in [9.17, 15) is 13.2 Å². The van der Waals surface area contributed by atoms with Gasteiger partial charge in [-0.05, 0) is 12.0 Å². The second-order valence-corrected chi connectivity index (χ2v) is 2.51. The molecule has 0 unspecified atom stereocenters. The molecule has 11 heavy (non-hydrogen) atoms. The van der Waals surface area contributed by atoms with Crippen LogP contribution in [0.3, 0.4) is 0 Å². The van der Waals surface area contributed by atoms with Gasteiger partial charge in [-0.15, -0.1) is 0 Å². The van der Waals surface area contributed by atoms with Gasteiger partial charge in [-0.1, -0.05) is 13.2 Å². The zero-order valence-electron chi connectivity index (χ0n) is 6.46. The minimum Gasteiger partial charge on any atom is -0.212 e. The molecule has 0 radical (unpaired) electrons. The van der Waals surface area contributed by atoms with Gasteiger partial charge in [-0.3, -0.25) is 0 Å². The lowest BCUT2D eigenvalue weighted by Crippen LogP contribution is -2.12. The summed E-state index contributed by atoms with van der Waals surface area (Å²) < 4.78 is 36.6. The maximum Gasteiger partial charge on any atom is 0.266 e. The monoisotopic (exact) mass is 164 g/mol. The van der Waals surface area contributed by atoms with Crippen LogP contribution in [0.1, 0.15) is 19.8 Å². The van der Waals surface area contributed by atoms with E-state index in [1.54, 1.807) is 0 Å². The van der Waals surface area contributed by atoms with E-state index < -0.39 is 11.7 Å². The Labute approximate surface area is 64.4 Å². The number of halogens is 3. The van der Waals surface area contributed by atoms with Gasteiger partial charge in [0, 0.05) is 13.3 Å². The van der Waals surface area contributed by atoms with Gasteiger partial charge >= 0.3 is 0 Å². The number of allylic oxidation sites excluding steroid dienone is 2. The maximum atomic E-state index is 12.3. The Kier molecular flexibility index (Phi) is 3.36. The highest BCUT2D eigenvalue weighted by molar-refractivity contribution is 5.06. The van der Waals surface area contributed by atoms with E-state index in [2.05, 4.69) is 13.2 Å². The summed E-state index contributed by atoms with van der Waals surface area (Å²) in [6, 6.07) is 0. The lowest BCUT2D eigenvalue weighted by molar-refractivity contribution is 0.0600. The van der Waals surface area contributed by atoms with Gasteiger partial charge < -0.3 is 0 Å². The number of hydrogen-bond acceptors (Lipinski definition) is 0. The third kappa shape index (κ3) is 4.65. The summed E-state index contributed by atoms with van der Waals surface area (Å²) in [6.45, 7) is 6.84. The van der Waals surface area contributed by atoms with Crippen LogP contribution in [0, 0.1) is 0 Å². The van der Waals surface area contributed by atoms with Crippen molar-refractivity contribution in [3.05, 3.63) is 24.6 Å². The van der Waals surface area contributed by atoms with Crippen molar-refractivity contribution in [1.82, 2.24) is 0 Å². The number of rotatable bonds is 4. The summed E-state index contributed by atoms with van der Waals surface area (Å²) in [6.07, 6.45) is -0.110. The van der Waals surface area contributed by atoms with Crippen LogP contribution in [-0.4, -0.2) is 5.92 Å². The predicted molar refractivity (Wildman–Crippen MR) is 39.2 cm³/mol. The quantitative estimate of drug-likeness (QED) is 0.558. The van der Waals surface area contributed by atoms with Crippen LogP contribution in [0.2, 0.25) is 0 Å². The van der Waals surface area contributed by atoms with Gasteiger partial charge in [0.25, 0.3) is 5.92 Å². The third-order valence-electron chi connectivity index (χ3n) is 1.32. The van der Waals surface area contributed by atoms with E-state index >= 15 is 0 Å². The van der Waals surface area contributed by atoms with Crippen LogP contribution in [-0.2, 0) is 0 Å². The lowest BCUT2D eigenvalue weighted by Gasteiger charge is -2.12. The summed E-state index contributed by atoms with van der Waals surface area (Å²) in [4.78, 5) is 0. The van der Waals surface area contributed by atoms with Crippen molar-refractivity contribution < 1.29 is 13.2 Å². The smallest absolute Gasteiger partial charge is 0.212 e. The average molecular weight is 164 g/mol. The molecule has 0 rings (SSSR count). The molecule has 0 bridgehead atoms. The first-order valence-electron chi connectivity index (χ1n) is 3.23. The van der Waals surface area contributed by atoms with Gasteiger partial charge in [0.2, 0.25) is 0 Å². The molecule has 0 heterocycles. The Balaban J connectivity index is 3.80. The van der Waals surface area contributed by atoms with Gasteiger partial charge in [0.1, 0.15) is 0 Å². The standard InChI is InChI=1S/C8H11F3/c1-6(8(3,10)11)4-5-7(2)9/h1-2,4-5H2,3H3. The molecule has 64 valence electrons. The van der Waals surface area contributed by atoms with Gasteiger partial charge in [0.05, 0.1) is 5.83 Å². The summed E-state index contributed by atoms with van der Waals surface area (Å²) in [5.74, 6) is -3.49. The van der Waals surface area contributed by atoms with E-state index in [0.29, 0.717) is 0 Å². The highest BCUT2D eigenvalue weighted by Gasteiger charge is 2.24. The van der Waals surface area contributed by atoms with E-state index in [1.807, 2.05) is 0 Å². The molecule has 0 aliphatic heterocycles. The fraction of sp³-hybridized carbons (Fsp3) is 0.500. The molecular formula is C8H11F3. The van der Waals surface area contributed by atoms with E-state index in [-0.39, 0.29) is 18.4 Å². The first-order chi connectivity index (χ1) is 4.84. The van der Waals surface area contributed by atoms with Crippen LogP contribution in [0.15, 0.2) is 24.6 Å². The second-order valence-electron chi connectivity index (χ2n) is 2.51. The molecule has 0 aliphatic carbocycles. The normalized spacial score (nSPS) is 11.3. The van der Waals surface area contributed by atoms with Crippen LogP contribution < -0.4 is 0 Å². The molecule has 0 aromatic heterocycles. The Bertz CT molecular complexity index is 165. The van der Waals surface area contributed by atoms with E-state index in [4.69, 9.17) is 0 Å². The Hall–Kier alpha value is -0.730. The minimum atomic E-state index is -2.91. The first-order valence-corrected chi connectivity index (χ1v) is 3.23. The Morgan fingerprint density at radius 1 is 1.27 bits per heavy atom. The molecule has 0 amide bonds. The summed E-state index contributed by atoms with van der Waals surface area (Å²) in [7, 11) is 0. The molecular weight excluding hydrogens is 153 g/mol. The molecule has 0 aliphatic rings. The molecule has 3 heteroatoms. The maximum absolute atomic E-state index is 12.3. The number of alkyl halides is 2. The van der Waals surface area contributed by atoms with Crippen LogP contribution in [0.5, 0.6) is 0 Å². The highest BCUT2D eigenvalue weighted by atomic mass is 19.3. The molecule has 0 spiro atoms. The van der Waals surface area contributed by atoms with Crippen LogP contribution >= 0.6 is 0 Å². The molecule has 0 fully saturated rings. The highest BCUT2D eigenvalue weighted by Crippen LogP contribution is 2.26. The molecule has 0 aromatic carbocycles. The van der Waals surface area contributed by atoms with E-state index in [0.717, 1.165) is 6.92 Å². The van der Waals surface area contributed by atoms with Crippen molar-refractivity contribution in [1.29, 1.82) is 0 Å². The van der Waals surface area contributed by atoms with Crippen molar-refractivity contribution in [2.24, 2.45) is 0 Å². The summed E-state index contributed by atoms with van der Waals surface area (Å²) >= 11 is 0. The predicted octanol–water partition coefficient (Wildman–Crippen LogP) is 3.46. The van der Waals surface area contributed by atoms with Crippen LogP contribution in [0.25, 0.3) is 0 Å². The average Bonchev–Trinajstić information content (AvgIpc) is 1.80. The van der Waals surface area contributed by atoms with Crippen molar-refractivity contribution in [3.63, 3.8) is 0 Å². The summed E-state index contributed by atoms with van der Waals surface area (Å²) in [5.41, 5.74) is -0.253. The fourth-order valence-corrected chi connectivity index (χ4v) is 0.506. The van der Waals surface area contributed by atoms with Crippen molar-refractivity contribution in [2.75, 3.05) is 0 Å². The fourth-order valence-electron chi connectivity index (χ4n) is 0.506. The van der Waals surface area contributed by atoms with Crippen molar-refractivity contribution >= 4 is 0 Å². The minimum absolute atomic E-state index is 0.0428.